The van der Waals surface area contributed by atoms with Gasteiger partial charge in [0.2, 0.25) is 0 Å². The molecule has 1 aromatic carbocycles. The number of nitrogens with one attached hydrogen (secondary N) is 1. The third-order valence-electron chi connectivity index (χ3n) is 6.30. The minimum Gasteiger partial charge on any atom is -0.322 e. The summed E-state index contributed by atoms with van der Waals surface area (Å²) >= 11 is 0. The van der Waals surface area contributed by atoms with E-state index in [2.05, 4.69) is 35.9 Å². The van der Waals surface area contributed by atoms with Gasteiger partial charge in [0.1, 0.15) is 11.4 Å². The van der Waals surface area contributed by atoms with Crippen LogP contribution in [0.1, 0.15) is 45.6 Å². The highest BCUT2D eigenvalue weighted by Crippen LogP contribution is 2.36. The van der Waals surface area contributed by atoms with Crippen LogP contribution in [0.2, 0.25) is 0 Å². The van der Waals surface area contributed by atoms with Gasteiger partial charge in [0.25, 0.3) is 5.91 Å². The molecular formula is C24H32FN3O2. The Labute approximate surface area is 179 Å². The fourth-order valence-electron chi connectivity index (χ4n) is 4.55. The van der Waals surface area contributed by atoms with Gasteiger partial charge in [-0.05, 0) is 75.4 Å². The van der Waals surface area contributed by atoms with Crippen molar-refractivity contribution in [1.29, 1.82) is 0 Å². The maximum atomic E-state index is 13.8. The quantitative estimate of drug-likeness (QED) is 0.550. The molecule has 0 spiro atoms. The highest BCUT2D eigenvalue weighted by molar-refractivity contribution is 6.07. The lowest BCUT2D eigenvalue weighted by Gasteiger charge is -2.41. The molecule has 2 heterocycles. The fourth-order valence-corrected chi connectivity index (χ4v) is 4.55. The molecule has 0 aliphatic carbocycles. The summed E-state index contributed by atoms with van der Waals surface area (Å²) in [5.74, 6) is 5.67. The first-order chi connectivity index (χ1) is 14.4. The molecule has 1 N–H and O–H groups in total. The third kappa shape index (κ3) is 4.84. The Hall–Kier alpha value is -2.39. The van der Waals surface area contributed by atoms with Crippen molar-refractivity contribution < 1.29 is 14.0 Å². The zero-order valence-electron chi connectivity index (χ0n) is 18.2. The number of halogens is 1. The number of carbonyl (C=O) groups is 2. The van der Waals surface area contributed by atoms with Crippen LogP contribution in [-0.2, 0) is 11.2 Å². The Kier molecular flexibility index (Phi) is 7.14. The van der Waals surface area contributed by atoms with E-state index in [0.717, 1.165) is 38.9 Å². The number of rotatable bonds is 7. The Balaban J connectivity index is 1.83. The van der Waals surface area contributed by atoms with E-state index >= 15 is 0 Å². The van der Waals surface area contributed by atoms with Gasteiger partial charge in [0, 0.05) is 6.42 Å². The first kappa shape index (κ1) is 22.3. The molecule has 0 aromatic heterocycles. The van der Waals surface area contributed by atoms with Crippen molar-refractivity contribution in [1.82, 2.24) is 15.1 Å². The molecule has 3 amide bonds. The van der Waals surface area contributed by atoms with Gasteiger partial charge < -0.3 is 10.2 Å². The zero-order chi connectivity index (χ0) is 21.7. The highest BCUT2D eigenvalue weighted by Gasteiger charge is 2.55. The smallest absolute Gasteiger partial charge is 0.322 e. The first-order valence-corrected chi connectivity index (χ1v) is 10.9. The Morgan fingerprint density at radius 2 is 2.00 bits per heavy atom. The van der Waals surface area contributed by atoms with E-state index in [0.29, 0.717) is 17.9 Å². The van der Waals surface area contributed by atoms with Crippen molar-refractivity contribution in [2.75, 3.05) is 26.2 Å². The van der Waals surface area contributed by atoms with Crippen LogP contribution in [0.15, 0.2) is 24.3 Å². The SMILES string of the molecule is CC#CCN1C(=O)N[C@@](Cc2cccc(F)c2)(C2CCN(CCC(C)C)CC2)C1=O. The molecule has 30 heavy (non-hydrogen) atoms. The highest BCUT2D eigenvalue weighted by atomic mass is 19.1. The van der Waals surface area contributed by atoms with Crippen LogP contribution >= 0.6 is 0 Å². The summed E-state index contributed by atoms with van der Waals surface area (Å²) in [5.41, 5.74) is -0.320. The molecule has 162 valence electrons. The predicted molar refractivity (Wildman–Crippen MR) is 115 cm³/mol. The maximum Gasteiger partial charge on any atom is 0.325 e. The van der Waals surface area contributed by atoms with Gasteiger partial charge >= 0.3 is 6.03 Å². The molecule has 2 saturated heterocycles. The number of imide groups is 1. The average molecular weight is 414 g/mol. The third-order valence-corrected chi connectivity index (χ3v) is 6.30. The molecule has 6 heteroatoms. The predicted octanol–water partition coefficient (Wildman–Crippen LogP) is 3.44. The molecule has 0 unspecified atom stereocenters. The van der Waals surface area contributed by atoms with Gasteiger partial charge in [-0.2, -0.15) is 0 Å². The van der Waals surface area contributed by atoms with E-state index in [4.69, 9.17) is 0 Å². The molecule has 3 rings (SSSR count). The second-order valence-corrected chi connectivity index (χ2v) is 8.82. The average Bonchev–Trinajstić information content (AvgIpc) is 2.95. The molecule has 0 saturated carbocycles. The minimum absolute atomic E-state index is 0.00658. The molecule has 2 aliphatic rings. The van der Waals surface area contributed by atoms with Gasteiger partial charge in [-0.3, -0.25) is 9.69 Å². The van der Waals surface area contributed by atoms with Crippen molar-refractivity contribution in [3.05, 3.63) is 35.6 Å². The number of benzene rings is 1. The summed E-state index contributed by atoms with van der Waals surface area (Å²) in [6.45, 7) is 9.08. The van der Waals surface area contributed by atoms with Crippen LogP contribution in [-0.4, -0.2) is 53.5 Å². The lowest BCUT2D eigenvalue weighted by Crippen LogP contribution is -2.57. The number of piperidine rings is 1. The number of urea groups is 1. The summed E-state index contributed by atoms with van der Waals surface area (Å²) in [6, 6.07) is 5.90. The number of nitrogens with zero attached hydrogens (tertiary/aromatic N) is 2. The number of likely N-dealkylation sites (tertiary alicyclic amines) is 1. The Morgan fingerprint density at radius 1 is 1.27 bits per heavy atom. The standard InChI is InChI=1S/C24H32FN3O2/c1-4-5-12-28-22(29)24(26-23(28)30,17-19-7-6-8-21(25)16-19)20-10-14-27(15-11-20)13-9-18(2)3/h6-8,16,18,20H,9-15,17H2,1-3H3,(H,26,30)/t24-/m0/s1. The lowest BCUT2D eigenvalue weighted by molar-refractivity contribution is -0.133. The molecule has 5 nitrogen and oxygen atoms in total. The van der Waals surface area contributed by atoms with E-state index in [1.807, 2.05) is 6.07 Å². The summed E-state index contributed by atoms with van der Waals surface area (Å²) in [5, 5.41) is 3.01. The number of hydrogen-bond acceptors (Lipinski definition) is 3. The van der Waals surface area contributed by atoms with Crippen molar-refractivity contribution in [2.45, 2.75) is 52.0 Å². The summed E-state index contributed by atoms with van der Waals surface area (Å²) in [6.07, 6.45) is 3.10. The van der Waals surface area contributed by atoms with E-state index in [-0.39, 0.29) is 24.2 Å². The second kappa shape index (κ2) is 9.61. The zero-order valence-corrected chi connectivity index (χ0v) is 18.2. The van der Waals surface area contributed by atoms with E-state index in [1.165, 1.54) is 17.0 Å². The number of carbonyl (C=O) groups excluding carboxylic acids is 2. The second-order valence-electron chi connectivity index (χ2n) is 8.82. The number of amides is 3. The van der Waals surface area contributed by atoms with Crippen molar-refractivity contribution >= 4 is 11.9 Å². The summed E-state index contributed by atoms with van der Waals surface area (Å²) in [4.78, 5) is 29.8. The van der Waals surface area contributed by atoms with Crippen LogP contribution in [0.4, 0.5) is 9.18 Å². The van der Waals surface area contributed by atoms with Gasteiger partial charge in [0.05, 0.1) is 6.54 Å². The van der Waals surface area contributed by atoms with Crippen LogP contribution in [0.25, 0.3) is 0 Å². The van der Waals surface area contributed by atoms with Crippen molar-refractivity contribution in [3.63, 3.8) is 0 Å². The van der Waals surface area contributed by atoms with Crippen LogP contribution in [0.5, 0.6) is 0 Å². The molecular weight excluding hydrogens is 381 g/mol. The number of hydrogen-bond donors (Lipinski definition) is 1. The fraction of sp³-hybridized carbons (Fsp3) is 0.583. The summed E-state index contributed by atoms with van der Waals surface area (Å²) < 4.78 is 13.8. The van der Waals surface area contributed by atoms with Crippen LogP contribution in [0.3, 0.4) is 0 Å². The topological polar surface area (TPSA) is 52.7 Å². The van der Waals surface area contributed by atoms with Gasteiger partial charge in [-0.15, -0.1) is 5.92 Å². The summed E-state index contributed by atoms with van der Waals surface area (Å²) in [7, 11) is 0. The van der Waals surface area contributed by atoms with Crippen molar-refractivity contribution in [2.24, 2.45) is 11.8 Å². The molecule has 0 bridgehead atoms. The molecule has 0 radical (unpaired) electrons. The van der Waals surface area contributed by atoms with E-state index < -0.39 is 11.6 Å². The van der Waals surface area contributed by atoms with E-state index in [9.17, 15) is 14.0 Å². The monoisotopic (exact) mass is 413 g/mol. The molecule has 2 aliphatic heterocycles. The van der Waals surface area contributed by atoms with E-state index in [1.54, 1.807) is 13.0 Å². The first-order valence-electron chi connectivity index (χ1n) is 10.9. The maximum absolute atomic E-state index is 13.8. The van der Waals surface area contributed by atoms with Crippen LogP contribution in [0, 0.1) is 29.5 Å². The Bertz CT molecular complexity index is 836. The molecule has 1 atom stereocenters. The normalized spacial score (nSPS) is 22.9. The lowest BCUT2D eigenvalue weighted by atomic mass is 9.74. The Morgan fingerprint density at radius 3 is 2.63 bits per heavy atom. The minimum atomic E-state index is -1.04. The van der Waals surface area contributed by atoms with Crippen LogP contribution < -0.4 is 5.32 Å². The van der Waals surface area contributed by atoms with Gasteiger partial charge in [0.15, 0.2) is 0 Å². The van der Waals surface area contributed by atoms with Crippen molar-refractivity contribution in [3.8, 4) is 11.8 Å². The van der Waals surface area contributed by atoms with Gasteiger partial charge in [-0.25, -0.2) is 9.18 Å². The van der Waals surface area contributed by atoms with Gasteiger partial charge in [-0.1, -0.05) is 31.9 Å². The molecule has 2 fully saturated rings. The largest absolute Gasteiger partial charge is 0.325 e. The molecule has 1 aromatic rings.